The maximum Gasteiger partial charge on any atom is 0.255 e. The first-order valence-electron chi connectivity index (χ1n) is 5.45. The van der Waals surface area contributed by atoms with Gasteiger partial charge in [0.05, 0.1) is 5.56 Å². The van der Waals surface area contributed by atoms with Crippen LogP contribution >= 0.6 is 0 Å². The summed E-state index contributed by atoms with van der Waals surface area (Å²) < 4.78 is 0. The number of hydrogen-bond donors (Lipinski definition) is 3. The molecule has 0 radical (unpaired) electrons. The molecule has 1 aromatic carbocycles. The highest BCUT2D eigenvalue weighted by Gasteiger charge is 2.32. The largest absolute Gasteiger partial charge is 0.396 e. The maximum absolute atomic E-state index is 11.9. The third-order valence-corrected chi connectivity index (χ3v) is 2.81. The first-order valence-corrected chi connectivity index (χ1v) is 5.45. The molecule has 3 N–H and O–H groups in total. The molecule has 1 aliphatic rings. The quantitative estimate of drug-likeness (QED) is 0.720. The van der Waals surface area contributed by atoms with Gasteiger partial charge in [-0.3, -0.25) is 4.79 Å². The van der Waals surface area contributed by atoms with E-state index in [1.54, 1.807) is 6.07 Å². The Hall–Kier alpha value is -1.55. The van der Waals surface area contributed by atoms with Crippen LogP contribution in [0.4, 0.5) is 5.69 Å². The molecule has 1 aliphatic heterocycles. The van der Waals surface area contributed by atoms with E-state index in [4.69, 9.17) is 5.11 Å². The Bertz CT molecular complexity index is 406. The number of carbonyl (C=O) groups is 1. The van der Waals surface area contributed by atoms with Crippen LogP contribution in [0.2, 0.25) is 0 Å². The van der Waals surface area contributed by atoms with E-state index >= 15 is 0 Å². The molecule has 1 unspecified atom stereocenters. The van der Waals surface area contributed by atoms with E-state index in [0.29, 0.717) is 18.4 Å². The molecular formula is C12H16N2O2. The van der Waals surface area contributed by atoms with Crippen molar-refractivity contribution < 1.29 is 9.90 Å². The Kier molecular flexibility index (Phi) is 2.83. The average molecular weight is 220 g/mol. The normalized spacial score (nSPS) is 23.2. The predicted molar refractivity (Wildman–Crippen MR) is 62.3 cm³/mol. The average Bonchev–Trinajstić information content (AvgIpc) is 2.26. The standard InChI is InChI=1S/C12H16N2O2/c1-12(7-4-8-15)13-10-6-3-2-5-9(10)11(16)14-12/h2-3,5-6,13,15H,4,7-8H2,1H3,(H,14,16). The topological polar surface area (TPSA) is 61.4 Å². The Morgan fingerprint density at radius 2 is 2.06 bits per heavy atom. The summed E-state index contributed by atoms with van der Waals surface area (Å²) in [5, 5.41) is 15.1. The minimum absolute atomic E-state index is 0.0604. The zero-order chi connectivity index (χ0) is 11.6. The summed E-state index contributed by atoms with van der Waals surface area (Å²) in [6.07, 6.45) is 1.36. The van der Waals surface area contributed by atoms with Gasteiger partial charge in [0, 0.05) is 12.3 Å². The number of aliphatic hydroxyl groups excluding tert-OH is 1. The molecule has 86 valence electrons. The van der Waals surface area contributed by atoms with Crippen LogP contribution in [0.15, 0.2) is 24.3 Å². The highest BCUT2D eigenvalue weighted by atomic mass is 16.3. The number of para-hydroxylation sites is 1. The molecule has 1 amide bonds. The molecule has 4 heteroatoms. The van der Waals surface area contributed by atoms with E-state index in [-0.39, 0.29) is 12.5 Å². The lowest BCUT2D eigenvalue weighted by molar-refractivity contribution is 0.0899. The number of aliphatic hydroxyl groups is 1. The Balaban J connectivity index is 2.23. The first-order chi connectivity index (χ1) is 7.64. The van der Waals surface area contributed by atoms with Crippen molar-refractivity contribution in [2.24, 2.45) is 0 Å². The summed E-state index contributed by atoms with van der Waals surface area (Å²) in [6, 6.07) is 7.43. The van der Waals surface area contributed by atoms with Gasteiger partial charge in [-0.15, -0.1) is 0 Å². The van der Waals surface area contributed by atoms with E-state index in [1.807, 2.05) is 25.1 Å². The van der Waals surface area contributed by atoms with Crippen molar-refractivity contribution in [2.75, 3.05) is 11.9 Å². The van der Waals surface area contributed by atoms with Crippen LogP contribution in [0.25, 0.3) is 0 Å². The van der Waals surface area contributed by atoms with Gasteiger partial charge in [-0.1, -0.05) is 12.1 Å². The number of benzene rings is 1. The highest BCUT2D eigenvalue weighted by molar-refractivity contribution is 6.02. The molecule has 0 saturated heterocycles. The van der Waals surface area contributed by atoms with Crippen LogP contribution in [-0.4, -0.2) is 23.3 Å². The van der Waals surface area contributed by atoms with E-state index in [0.717, 1.165) is 5.69 Å². The van der Waals surface area contributed by atoms with Crippen molar-refractivity contribution in [1.82, 2.24) is 5.32 Å². The van der Waals surface area contributed by atoms with Gasteiger partial charge in [0.2, 0.25) is 0 Å². The Morgan fingerprint density at radius 1 is 1.31 bits per heavy atom. The van der Waals surface area contributed by atoms with Crippen molar-refractivity contribution >= 4 is 11.6 Å². The minimum atomic E-state index is -0.464. The molecule has 0 aromatic heterocycles. The molecule has 0 bridgehead atoms. The lowest BCUT2D eigenvalue weighted by Gasteiger charge is -2.37. The van der Waals surface area contributed by atoms with Gasteiger partial charge in [-0.05, 0) is 31.9 Å². The summed E-state index contributed by atoms with van der Waals surface area (Å²) in [5.74, 6) is -0.0604. The SMILES string of the molecule is CC1(CCCO)NC(=O)c2ccccc2N1. The second kappa shape index (κ2) is 4.14. The van der Waals surface area contributed by atoms with E-state index in [9.17, 15) is 4.79 Å². The summed E-state index contributed by atoms with van der Waals surface area (Å²) in [4.78, 5) is 11.9. The summed E-state index contributed by atoms with van der Waals surface area (Å²) in [6.45, 7) is 2.06. The van der Waals surface area contributed by atoms with E-state index in [2.05, 4.69) is 10.6 Å². The molecular weight excluding hydrogens is 204 g/mol. The highest BCUT2D eigenvalue weighted by Crippen LogP contribution is 2.26. The molecule has 0 aliphatic carbocycles. The van der Waals surface area contributed by atoms with Gasteiger partial charge < -0.3 is 15.7 Å². The van der Waals surface area contributed by atoms with Crippen LogP contribution in [0, 0.1) is 0 Å². The molecule has 0 spiro atoms. The number of amides is 1. The molecule has 2 rings (SSSR count). The number of rotatable bonds is 3. The van der Waals surface area contributed by atoms with Gasteiger partial charge in [0.15, 0.2) is 0 Å². The molecule has 1 aromatic rings. The molecule has 1 heterocycles. The van der Waals surface area contributed by atoms with Crippen LogP contribution in [0.5, 0.6) is 0 Å². The summed E-state index contributed by atoms with van der Waals surface area (Å²) in [5.41, 5.74) is 1.06. The van der Waals surface area contributed by atoms with Crippen molar-refractivity contribution in [2.45, 2.75) is 25.4 Å². The predicted octanol–water partition coefficient (Wildman–Crippen LogP) is 1.33. The fraction of sp³-hybridized carbons (Fsp3) is 0.417. The molecule has 0 saturated carbocycles. The van der Waals surface area contributed by atoms with Crippen molar-refractivity contribution in [3.05, 3.63) is 29.8 Å². The molecule has 1 atom stereocenters. The van der Waals surface area contributed by atoms with Crippen LogP contribution in [0.3, 0.4) is 0 Å². The Morgan fingerprint density at radius 3 is 2.81 bits per heavy atom. The summed E-state index contributed by atoms with van der Waals surface area (Å²) in [7, 11) is 0. The number of fused-ring (bicyclic) bond motifs is 1. The third-order valence-electron chi connectivity index (χ3n) is 2.81. The number of hydrogen-bond acceptors (Lipinski definition) is 3. The second-order valence-corrected chi connectivity index (χ2v) is 4.28. The first kappa shape index (κ1) is 11.0. The summed E-state index contributed by atoms with van der Waals surface area (Å²) >= 11 is 0. The zero-order valence-electron chi connectivity index (χ0n) is 9.29. The van der Waals surface area contributed by atoms with Crippen molar-refractivity contribution in [1.29, 1.82) is 0 Å². The second-order valence-electron chi connectivity index (χ2n) is 4.28. The smallest absolute Gasteiger partial charge is 0.255 e. The zero-order valence-corrected chi connectivity index (χ0v) is 9.29. The maximum atomic E-state index is 11.9. The minimum Gasteiger partial charge on any atom is -0.396 e. The lowest BCUT2D eigenvalue weighted by Crippen LogP contribution is -2.55. The Labute approximate surface area is 94.7 Å². The fourth-order valence-corrected chi connectivity index (χ4v) is 1.99. The molecule has 0 fully saturated rings. The third kappa shape index (κ3) is 2.02. The fourth-order valence-electron chi connectivity index (χ4n) is 1.99. The number of nitrogens with one attached hydrogen (secondary N) is 2. The number of carbonyl (C=O) groups excluding carboxylic acids is 1. The lowest BCUT2D eigenvalue weighted by atomic mass is 9.99. The number of anilines is 1. The molecule has 16 heavy (non-hydrogen) atoms. The van der Waals surface area contributed by atoms with Crippen LogP contribution in [-0.2, 0) is 0 Å². The van der Waals surface area contributed by atoms with Gasteiger partial charge >= 0.3 is 0 Å². The van der Waals surface area contributed by atoms with Gasteiger partial charge in [0.1, 0.15) is 5.66 Å². The van der Waals surface area contributed by atoms with Gasteiger partial charge in [-0.25, -0.2) is 0 Å². The van der Waals surface area contributed by atoms with Crippen LogP contribution in [0.1, 0.15) is 30.1 Å². The van der Waals surface area contributed by atoms with Crippen LogP contribution < -0.4 is 10.6 Å². The van der Waals surface area contributed by atoms with Crippen molar-refractivity contribution in [3.8, 4) is 0 Å². The van der Waals surface area contributed by atoms with Gasteiger partial charge in [-0.2, -0.15) is 0 Å². The molecule has 4 nitrogen and oxygen atoms in total. The van der Waals surface area contributed by atoms with E-state index < -0.39 is 5.66 Å². The van der Waals surface area contributed by atoms with E-state index in [1.165, 1.54) is 0 Å². The van der Waals surface area contributed by atoms with Crippen molar-refractivity contribution in [3.63, 3.8) is 0 Å². The van der Waals surface area contributed by atoms with Gasteiger partial charge in [0.25, 0.3) is 5.91 Å². The monoisotopic (exact) mass is 220 g/mol.